The molecule has 0 amide bonds. The fourth-order valence-corrected chi connectivity index (χ4v) is 1.36. The van der Waals surface area contributed by atoms with Crippen LogP contribution in [0, 0.1) is 12.3 Å². The zero-order valence-electron chi connectivity index (χ0n) is 10.1. The lowest BCUT2D eigenvalue weighted by Crippen LogP contribution is -2.23. The van der Waals surface area contributed by atoms with Gasteiger partial charge in [0.25, 0.3) is 0 Å². The molecule has 1 aromatic rings. The highest BCUT2D eigenvalue weighted by atomic mass is 16.5. The maximum Gasteiger partial charge on any atom is 0.119 e. The van der Waals surface area contributed by atoms with Gasteiger partial charge < -0.3 is 15.2 Å². The van der Waals surface area contributed by atoms with Crippen LogP contribution >= 0.6 is 0 Å². The molecule has 0 aliphatic heterocycles. The van der Waals surface area contributed by atoms with Crippen LogP contribution < -0.4 is 10.1 Å². The number of rotatable bonds is 7. The molecule has 0 saturated heterocycles. The van der Waals surface area contributed by atoms with Crippen LogP contribution in [0.25, 0.3) is 0 Å². The van der Waals surface area contributed by atoms with Gasteiger partial charge in [-0.15, -0.1) is 12.3 Å². The maximum absolute atomic E-state index is 9.10. The van der Waals surface area contributed by atoms with Gasteiger partial charge in [0.05, 0.1) is 12.7 Å². The zero-order valence-corrected chi connectivity index (χ0v) is 10.1. The van der Waals surface area contributed by atoms with Crippen LogP contribution in [0.4, 0.5) is 0 Å². The van der Waals surface area contributed by atoms with Gasteiger partial charge in [-0.1, -0.05) is 12.1 Å². The third-order valence-corrected chi connectivity index (χ3v) is 2.21. The van der Waals surface area contributed by atoms with Crippen molar-refractivity contribution < 1.29 is 9.84 Å². The van der Waals surface area contributed by atoms with Crippen molar-refractivity contribution in [2.75, 3.05) is 13.2 Å². The lowest BCUT2D eigenvalue weighted by atomic mass is 10.2. The Labute approximate surface area is 103 Å². The van der Waals surface area contributed by atoms with Crippen LogP contribution in [0.15, 0.2) is 24.3 Å². The molecule has 2 N–H and O–H groups in total. The highest BCUT2D eigenvalue weighted by molar-refractivity contribution is 5.27. The second-order valence-corrected chi connectivity index (χ2v) is 3.93. The molecule has 17 heavy (non-hydrogen) atoms. The molecule has 3 heteroatoms. The van der Waals surface area contributed by atoms with Crippen LogP contribution in [-0.2, 0) is 6.54 Å². The predicted molar refractivity (Wildman–Crippen MR) is 68.8 cm³/mol. The molecule has 0 bridgehead atoms. The van der Waals surface area contributed by atoms with Gasteiger partial charge in [0, 0.05) is 19.5 Å². The van der Waals surface area contributed by atoms with Crippen LogP contribution in [0.2, 0.25) is 0 Å². The average Bonchev–Trinajstić information content (AvgIpc) is 2.31. The van der Waals surface area contributed by atoms with Crippen LogP contribution in [-0.4, -0.2) is 24.4 Å². The summed E-state index contributed by atoms with van der Waals surface area (Å²) in [6, 6.07) is 7.85. The summed E-state index contributed by atoms with van der Waals surface area (Å²) < 4.78 is 5.44. The fraction of sp³-hybridized carbons (Fsp3) is 0.429. The van der Waals surface area contributed by atoms with Crippen LogP contribution in [0.5, 0.6) is 5.75 Å². The Balaban J connectivity index is 2.32. The molecular formula is C14H19NO2. The third-order valence-electron chi connectivity index (χ3n) is 2.21. The number of ether oxygens (including phenoxy) is 1. The van der Waals surface area contributed by atoms with E-state index in [-0.39, 0.29) is 6.10 Å². The Kier molecular flexibility index (Phi) is 6.16. The first-order chi connectivity index (χ1) is 8.22. The van der Waals surface area contributed by atoms with Gasteiger partial charge in [-0.3, -0.25) is 0 Å². The Bertz CT molecular complexity index is 351. The second-order valence-electron chi connectivity index (χ2n) is 3.93. The second kappa shape index (κ2) is 7.72. The van der Waals surface area contributed by atoms with Crippen molar-refractivity contribution in [2.24, 2.45) is 0 Å². The predicted octanol–water partition coefficient (Wildman–Crippen LogP) is 1.56. The number of hydrogen-bond donors (Lipinski definition) is 2. The van der Waals surface area contributed by atoms with Crippen molar-refractivity contribution in [3.63, 3.8) is 0 Å². The van der Waals surface area contributed by atoms with E-state index in [1.54, 1.807) is 6.92 Å². The minimum absolute atomic E-state index is 0.318. The Hall–Kier alpha value is -1.50. The normalized spacial score (nSPS) is 11.8. The van der Waals surface area contributed by atoms with Crippen LogP contribution in [0.3, 0.4) is 0 Å². The van der Waals surface area contributed by atoms with E-state index >= 15 is 0 Å². The summed E-state index contributed by atoms with van der Waals surface area (Å²) in [5, 5.41) is 12.3. The topological polar surface area (TPSA) is 41.5 Å². The zero-order chi connectivity index (χ0) is 12.5. The molecule has 1 unspecified atom stereocenters. The lowest BCUT2D eigenvalue weighted by molar-refractivity contribution is 0.191. The van der Waals surface area contributed by atoms with E-state index < -0.39 is 0 Å². The van der Waals surface area contributed by atoms with Crippen molar-refractivity contribution >= 4 is 0 Å². The summed E-state index contributed by atoms with van der Waals surface area (Å²) in [5.74, 6) is 3.36. The van der Waals surface area contributed by atoms with Crippen molar-refractivity contribution in [1.29, 1.82) is 0 Å². The number of aliphatic hydroxyl groups excluding tert-OH is 1. The molecule has 0 aliphatic rings. The van der Waals surface area contributed by atoms with Gasteiger partial charge in [-0.05, 0) is 24.6 Å². The highest BCUT2D eigenvalue weighted by Crippen LogP contribution is 2.12. The Morgan fingerprint density at radius 2 is 2.12 bits per heavy atom. The molecular weight excluding hydrogens is 214 g/mol. The first kappa shape index (κ1) is 13.6. The van der Waals surface area contributed by atoms with E-state index in [9.17, 15) is 0 Å². The number of nitrogens with one attached hydrogen (secondary N) is 1. The summed E-state index contributed by atoms with van der Waals surface area (Å²) in [7, 11) is 0. The quantitative estimate of drug-likeness (QED) is 0.555. The van der Waals surface area contributed by atoms with E-state index in [0.29, 0.717) is 19.6 Å². The van der Waals surface area contributed by atoms with Crippen molar-refractivity contribution in [1.82, 2.24) is 5.32 Å². The number of benzene rings is 1. The summed E-state index contributed by atoms with van der Waals surface area (Å²) in [5.41, 5.74) is 1.16. The minimum atomic E-state index is -0.318. The summed E-state index contributed by atoms with van der Waals surface area (Å²) in [6.45, 7) is 3.65. The molecule has 0 aliphatic carbocycles. The molecule has 0 saturated carbocycles. The van der Waals surface area contributed by atoms with Gasteiger partial charge in [0.2, 0.25) is 0 Å². The summed E-state index contributed by atoms with van der Waals surface area (Å²) >= 11 is 0. The number of terminal acetylenes is 1. The average molecular weight is 233 g/mol. The lowest BCUT2D eigenvalue weighted by Gasteiger charge is -2.08. The standard InChI is InChI=1S/C14H19NO2/c1-3-4-9-17-14-7-5-13(6-8-14)11-15-10-12(2)16/h1,5-8,12,15-16H,4,9-11H2,2H3. The fourth-order valence-electron chi connectivity index (χ4n) is 1.36. The SMILES string of the molecule is C#CCCOc1ccc(CNCC(C)O)cc1. The van der Waals surface area contributed by atoms with Gasteiger partial charge in [0.15, 0.2) is 0 Å². The van der Waals surface area contributed by atoms with E-state index in [0.717, 1.165) is 17.9 Å². The summed E-state index contributed by atoms with van der Waals surface area (Å²) in [6.07, 6.45) is 5.44. The van der Waals surface area contributed by atoms with Gasteiger partial charge in [0.1, 0.15) is 5.75 Å². The molecule has 92 valence electrons. The number of aliphatic hydroxyl groups is 1. The Morgan fingerprint density at radius 3 is 2.71 bits per heavy atom. The third kappa shape index (κ3) is 5.96. The molecule has 1 rings (SSSR count). The first-order valence-corrected chi connectivity index (χ1v) is 5.76. The Morgan fingerprint density at radius 1 is 1.41 bits per heavy atom. The molecule has 0 spiro atoms. The smallest absolute Gasteiger partial charge is 0.119 e. The molecule has 0 fully saturated rings. The van der Waals surface area contributed by atoms with Gasteiger partial charge in [-0.25, -0.2) is 0 Å². The maximum atomic E-state index is 9.10. The molecule has 3 nitrogen and oxygen atoms in total. The molecule has 1 aromatic carbocycles. The van der Waals surface area contributed by atoms with E-state index in [2.05, 4.69) is 11.2 Å². The van der Waals surface area contributed by atoms with Gasteiger partial charge in [-0.2, -0.15) is 0 Å². The van der Waals surface area contributed by atoms with Gasteiger partial charge >= 0.3 is 0 Å². The first-order valence-electron chi connectivity index (χ1n) is 5.76. The minimum Gasteiger partial charge on any atom is -0.493 e. The molecule has 0 heterocycles. The van der Waals surface area contributed by atoms with Crippen molar-refractivity contribution in [3.05, 3.63) is 29.8 Å². The molecule has 1 atom stereocenters. The molecule has 0 aromatic heterocycles. The van der Waals surface area contributed by atoms with Crippen molar-refractivity contribution in [2.45, 2.75) is 26.0 Å². The highest BCUT2D eigenvalue weighted by Gasteiger charge is 1.97. The number of hydrogen-bond acceptors (Lipinski definition) is 3. The monoisotopic (exact) mass is 233 g/mol. The van der Waals surface area contributed by atoms with E-state index in [1.807, 2.05) is 24.3 Å². The summed E-state index contributed by atoms with van der Waals surface area (Å²) in [4.78, 5) is 0. The van der Waals surface area contributed by atoms with Crippen molar-refractivity contribution in [3.8, 4) is 18.1 Å². The van der Waals surface area contributed by atoms with E-state index in [1.165, 1.54) is 0 Å². The van der Waals surface area contributed by atoms with E-state index in [4.69, 9.17) is 16.3 Å². The largest absolute Gasteiger partial charge is 0.493 e. The molecule has 0 radical (unpaired) electrons. The van der Waals surface area contributed by atoms with Crippen LogP contribution in [0.1, 0.15) is 18.9 Å².